The molecule has 10 nitrogen and oxygen atoms in total. The number of nitrogens with two attached hydrogens (primary N) is 1. The van der Waals surface area contributed by atoms with Gasteiger partial charge in [-0.05, 0) is 37.5 Å². The van der Waals surface area contributed by atoms with Gasteiger partial charge in [-0.2, -0.15) is 0 Å². The van der Waals surface area contributed by atoms with E-state index in [4.69, 9.17) is 9.88 Å². The van der Waals surface area contributed by atoms with Gasteiger partial charge in [0.2, 0.25) is 15.9 Å². The molecule has 1 heterocycles. The van der Waals surface area contributed by atoms with E-state index in [0.29, 0.717) is 24.9 Å². The minimum atomic E-state index is -3.85. The highest BCUT2D eigenvalue weighted by Crippen LogP contribution is 2.19. The lowest BCUT2D eigenvalue weighted by atomic mass is 10.1. The lowest BCUT2D eigenvalue weighted by molar-refractivity contribution is -0.142. The van der Waals surface area contributed by atoms with Crippen molar-refractivity contribution in [1.82, 2.24) is 10.2 Å². The molecule has 0 aliphatic carbocycles. The zero-order valence-corrected chi connectivity index (χ0v) is 16.1. The molecule has 0 aromatic heterocycles. The third-order valence-electron chi connectivity index (χ3n) is 4.36. The van der Waals surface area contributed by atoms with E-state index in [1.807, 2.05) is 0 Å². The zero-order chi connectivity index (χ0) is 20.9. The van der Waals surface area contributed by atoms with Crippen LogP contribution in [0.1, 0.15) is 25.3 Å². The van der Waals surface area contributed by atoms with Gasteiger partial charge in [0.1, 0.15) is 12.1 Å². The first-order valence-electron chi connectivity index (χ1n) is 8.71. The summed E-state index contributed by atoms with van der Waals surface area (Å²) < 4.78 is 27.5. The van der Waals surface area contributed by atoms with Crippen molar-refractivity contribution in [2.24, 2.45) is 5.14 Å². The zero-order valence-electron chi connectivity index (χ0n) is 15.3. The lowest BCUT2D eigenvalue weighted by Crippen LogP contribution is -2.51. The number of primary sulfonamides is 1. The Hall–Kier alpha value is -2.66. The number of carbonyl (C=O) groups is 3. The third kappa shape index (κ3) is 5.42. The second kappa shape index (κ2) is 9.02. The van der Waals surface area contributed by atoms with Gasteiger partial charge in [-0.15, -0.1) is 0 Å². The second-order valence-corrected chi connectivity index (χ2v) is 7.90. The standard InChI is InChI=1S/C17H23N3O7S/c1-2-27-17(24)20-9-3-4-14(20)15(21)19-13(16(22)23)10-11-5-7-12(8-6-11)28(18,25)26/h5-8,13-14H,2-4,9-10H2,1H3,(H,19,21)(H,22,23)(H2,18,25,26)/t13-,14-/m0/s1. The Morgan fingerprint density at radius 2 is 1.96 bits per heavy atom. The van der Waals surface area contributed by atoms with Crippen LogP contribution in [0.5, 0.6) is 0 Å². The van der Waals surface area contributed by atoms with E-state index in [9.17, 15) is 27.9 Å². The number of hydrogen-bond acceptors (Lipinski definition) is 6. The van der Waals surface area contributed by atoms with Gasteiger partial charge in [0.25, 0.3) is 0 Å². The first kappa shape index (κ1) is 21.6. The molecule has 0 spiro atoms. The van der Waals surface area contributed by atoms with Gasteiger partial charge < -0.3 is 15.2 Å². The van der Waals surface area contributed by atoms with Crippen molar-refractivity contribution in [3.63, 3.8) is 0 Å². The second-order valence-electron chi connectivity index (χ2n) is 6.34. The molecule has 4 N–H and O–H groups in total. The number of rotatable bonds is 7. The number of carbonyl (C=O) groups excluding carboxylic acids is 2. The molecule has 28 heavy (non-hydrogen) atoms. The van der Waals surface area contributed by atoms with Gasteiger partial charge in [0, 0.05) is 13.0 Å². The SMILES string of the molecule is CCOC(=O)N1CCC[C@H]1C(=O)N[C@@H](Cc1ccc(S(N)(=O)=O)cc1)C(=O)O. The summed E-state index contributed by atoms with van der Waals surface area (Å²) in [6, 6.07) is 3.38. The van der Waals surface area contributed by atoms with Gasteiger partial charge in [-0.25, -0.2) is 23.1 Å². The molecule has 2 rings (SSSR count). The Balaban J connectivity index is 2.07. The number of benzene rings is 1. The molecule has 0 bridgehead atoms. The molecule has 154 valence electrons. The van der Waals surface area contributed by atoms with Crippen LogP contribution in [0.3, 0.4) is 0 Å². The van der Waals surface area contributed by atoms with Crippen LogP contribution in [0.25, 0.3) is 0 Å². The van der Waals surface area contributed by atoms with Crippen molar-refractivity contribution < 1.29 is 32.6 Å². The van der Waals surface area contributed by atoms with Crippen molar-refractivity contribution in [2.45, 2.75) is 43.2 Å². The first-order chi connectivity index (χ1) is 13.1. The maximum absolute atomic E-state index is 12.5. The van der Waals surface area contributed by atoms with Crippen LogP contribution in [-0.2, 0) is 30.8 Å². The van der Waals surface area contributed by atoms with Crippen molar-refractivity contribution in [2.75, 3.05) is 13.2 Å². The van der Waals surface area contributed by atoms with E-state index in [2.05, 4.69) is 5.32 Å². The maximum Gasteiger partial charge on any atom is 0.410 e. The highest BCUT2D eigenvalue weighted by molar-refractivity contribution is 7.89. The summed E-state index contributed by atoms with van der Waals surface area (Å²) in [6.45, 7) is 2.20. The molecule has 1 aromatic carbocycles. The predicted molar refractivity (Wildman–Crippen MR) is 97.8 cm³/mol. The average molecular weight is 413 g/mol. The number of nitrogens with one attached hydrogen (secondary N) is 1. The molecule has 1 aliphatic heterocycles. The topological polar surface area (TPSA) is 156 Å². The molecule has 1 saturated heterocycles. The predicted octanol–water partition coefficient (Wildman–Crippen LogP) is 0.0668. The van der Waals surface area contributed by atoms with E-state index in [1.165, 1.54) is 29.2 Å². The number of aliphatic carboxylic acids is 1. The van der Waals surface area contributed by atoms with Crippen molar-refractivity contribution in [1.29, 1.82) is 0 Å². The van der Waals surface area contributed by atoms with Crippen LogP contribution >= 0.6 is 0 Å². The van der Waals surface area contributed by atoms with Gasteiger partial charge in [0.05, 0.1) is 11.5 Å². The van der Waals surface area contributed by atoms with Crippen LogP contribution in [-0.4, -0.2) is 61.6 Å². The minimum Gasteiger partial charge on any atom is -0.480 e. The number of amides is 2. The number of ether oxygens (including phenoxy) is 1. The molecule has 1 aromatic rings. The summed E-state index contributed by atoms with van der Waals surface area (Å²) in [4.78, 5) is 37.2. The van der Waals surface area contributed by atoms with E-state index >= 15 is 0 Å². The van der Waals surface area contributed by atoms with E-state index < -0.39 is 40.1 Å². The Kier molecular flexibility index (Phi) is 6.97. The first-order valence-corrected chi connectivity index (χ1v) is 10.3. The van der Waals surface area contributed by atoms with Crippen molar-refractivity contribution in [3.8, 4) is 0 Å². The Morgan fingerprint density at radius 1 is 1.32 bits per heavy atom. The fraction of sp³-hybridized carbons (Fsp3) is 0.471. The summed E-state index contributed by atoms with van der Waals surface area (Å²) in [5, 5.41) is 16.9. The minimum absolute atomic E-state index is 0.0574. The summed E-state index contributed by atoms with van der Waals surface area (Å²) in [5.41, 5.74) is 0.508. The number of carboxylic acid groups (broad SMARTS) is 1. The smallest absolute Gasteiger partial charge is 0.410 e. The number of sulfonamides is 1. The largest absolute Gasteiger partial charge is 0.480 e. The molecule has 2 amide bonds. The lowest BCUT2D eigenvalue weighted by Gasteiger charge is -2.24. The fourth-order valence-electron chi connectivity index (χ4n) is 2.98. The average Bonchev–Trinajstić information content (AvgIpc) is 3.11. The summed E-state index contributed by atoms with van der Waals surface area (Å²) in [5.74, 6) is -1.82. The molecule has 1 fully saturated rings. The Bertz CT molecular complexity index is 839. The van der Waals surface area contributed by atoms with Crippen LogP contribution in [0.4, 0.5) is 4.79 Å². The van der Waals surface area contributed by atoms with Crippen molar-refractivity contribution in [3.05, 3.63) is 29.8 Å². The molecule has 0 radical (unpaired) electrons. The summed E-state index contributed by atoms with van der Waals surface area (Å²) >= 11 is 0. The van der Waals surface area contributed by atoms with Gasteiger partial charge in [-0.3, -0.25) is 9.69 Å². The molecular formula is C17H23N3O7S. The summed E-state index contributed by atoms with van der Waals surface area (Å²) in [6.07, 6.45) is 0.368. The Morgan fingerprint density at radius 3 is 2.50 bits per heavy atom. The number of carboxylic acids is 1. The number of likely N-dealkylation sites (tertiary alicyclic amines) is 1. The van der Waals surface area contributed by atoms with Gasteiger partial charge in [0.15, 0.2) is 0 Å². The van der Waals surface area contributed by atoms with Gasteiger partial charge >= 0.3 is 12.1 Å². The van der Waals surface area contributed by atoms with Crippen LogP contribution in [0.15, 0.2) is 29.2 Å². The van der Waals surface area contributed by atoms with Crippen LogP contribution in [0.2, 0.25) is 0 Å². The molecule has 1 aliphatic rings. The van der Waals surface area contributed by atoms with Crippen LogP contribution in [0, 0.1) is 0 Å². The summed E-state index contributed by atoms with van der Waals surface area (Å²) in [7, 11) is -3.85. The number of nitrogens with zero attached hydrogens (tertiary/aromatic N) is 1. The third-order valence-corrected chi connectivity index (χ3v) is 5.29. The molecule has 0 saturated carbocycles. The highest BCUT2D eigenvalue weighted by atomic mass is 32.2. The van der Waals surface area contributed by atoms with Crippen molar-refractivity contribution >= 4 is 28.0 Å². The molecule has 2 atom stereocenters. The normalized spacial score (nSPS) is 17.8. The highest BCUT2D eigenvalue weighted by Gasteiger charge is 2.36. The molecular weight excluding hydrogens is 390 g/mol. The number of hydrogen-bond donors (Lipinski definition) is 3. The Labute approximate surface area is 162 Å². The molecule has 11 heteroatoms. The molecule has 0 unspecified atom stereocenters. The van der Waals surface area contributed by atoms with Crippen LogP contribution < -0.4 is 10.5 Å². The maximum atomic E-state index is 12.5. The quantitative estimate of drug-likeness (QED) is 0.571. The van der Waals surface area contributed by atoms with Gasteiger partial charge in [-0.1, -0.05) is 12.1 Å². The van der Waals surface area contributed by atoms with E-state index in [-0.39, 0.29) is 17.9 Å². The monoisotopic (exact) mass is 413 g/mol. The van der Waals surface area contributed by atoms with E-state index in [1.54, 1.807) is 6.92 Å². The van der Waals surface area contributed by atoms with E-state index in [0.717, 1.165) is 0 Å². The fourth-order valence-corrected chi connectivity index (χ4v) is 3.50.